The van der Waals surface area contributed by atoms with Gasteiger partial charge in [-0.3, -0.25) is 4.79 Å². The molecular weight excluding hydrogens is 366 g/mol. The second-order valence-corrected chi connectivity index (χ2v) is 8.19. The Bertz CT molecular complexity index is 1120. The first-order valence-corrected chi connectivity index (χ1v) is 9.67. The Morgan fingerprint density at radius 1 is 1.42 bits per heavy atom. The molecule has 1 atom stereocenters. The summed E-state index contributed by atoms with van der Waals surface area (Å²) in [5.74, 6) is 0.945. The van der Waals surface area contributed by atoms with E-state index in [1.54, 1.807) is 29.5 Å². The molecule has 0 saturated carbocycles. The predicted molar refractivity (Wildman–Crippen MR) is 106 cm³/mol. The van der Waals surface area contributed by atoms with Crippen LogP contribution >= 0.6 is 22.9 Å². The SMILES string of the molecule is CC1CCc2c(sc3nc(/C(C#N)=C/c4ccc(Cl)cc4)[nH]c(=O)c23)C1. The molecule has 0 amide bonds. The van der Waals surface area contributed by atoms with E-state index in [9.17, 15) is 10.1 Å². The summed E-state index contributed by atoms with van der Waals surface area (Å²) in [4.78, 5) is 22.1. The summed E-state index contributed by atoms with van der Waals surface area (Å²) >= 11 is 7.48. The number of nitriles is 1. The molecule has 0 aliphatic heterocycles. The van der Waals surface area contributed by atoms with E-state index in [0.717, 1.165) is 35.2 Å². The first kappa shape index (κ1) is 17.0. The summed E-state index contributed by atoms with van der Waals surface area (Å²) in [6.45, 7) is 2.24. The zero-order valence-corrected chi connectivity index (χ0v) is 15.7. The third-order valence-corrected chi connectivity index (χ3v) is 6.12. The quantitative estimate of drug-likeness (QED) is 0.646. The molecule has 1 unspecified atom stereocenters. The third kappa shape index (κ3) is 3.07. The summed E-state index contributed by atoms with van der Waals surface area (Å²) in [7, 11) is 0. The van der Waals surface area contributed by atoms with Gasteiger partial charge >= 0.3 is 0 Å². The van der Waals surface area contributed by atoms with E-state index in [1.165, 1.54) is 4.88 Å². The number of H-pyrrole nitrogens is 1. The van der Waals surface area contributed by atoms with Gasteiger partial charge in [-0.25, -0.2) is 4.98 Å². The lowest BCUT2D eigenvalue weighted by molar-refractivity contribution is 0.509. The van der Waals surface area contributed by atoms with Crippen LogP contribution in [0.3, 0.4) is 0 Å². The van der Waals surface area contributed by atoms with Gasteiger partial charge in [0.2, 0.25) is 0 Å². The maximum atomic E-state index is 12.7. The van der Waals surface area contributed by atoms with Gasteiger partial charge in [0.15, 0.2) is 5.82 Å². The van der Waals surface area contributed by atoms with Gasteiger partial charge in [0.05, 0.1) is 11.0 Å². The number of aromatic nitrogens is 2. The van der Waals surface area contributed by atoms with Crippen molar-refractivity contribution in [2.24, 2.45) is 5.92 Å². The Morgan fingerprint density at radius 2 is 2.19 bits per heavy atom. The lowest BCUT2D eigenvalue weighted by atomic mass is 9.89. The van der Waals surface area contributed by atoms with E-state index in [-0.39, 0.29) is 5.56 Å². The highest BCUT2D eigenvalue weighted by molar-refractivity contribution is 7.18. The summed E-state index contributed by atoms with van der Waals surface area (Å²) in [5, 5.41) is 10.9. The van der Waals surface area contributed by atoms with Gasteiger partial charge in [-0.15, -0.1) is 11.3 Å². The van der Waals surface area contributed by atoms with Gasteiger partial charge < -0.3 is 4.98 Å². The van der Waals surface area contributed by atoms with Crippen molar-refractivity contribution < 1.29 is 0 Å². The third-order valence-electron chi connectivity index (χ3n) is 4.72. The number of nitrogens with zero attached hydrogens (tertiary/aromatic N) is 2. The number of aryl methyl sites for hydroxylation is 1. The van der Waals surface area contributed by atoms with Gasteiger partial charge in [-0.2, -0.15) is 5.26 Å². The van der Waals surface area contributed by atoms with Gasteiger partial charge in [-0.1, -0.05) is 30.7 Å². The number of hydrogen-bond acceptors (Lipinski definition) is 4. The van der Waals surface area contributed by atoms with Crippen LogP contribution in [0.15, 0.2) is 29.1 Å². The molecule has 1 aliphatic rings. The average molecular weight is 382 g/mol. The van der Waals surface area contributed by atoms with Crippen molar-refractivity contribution in [1.29, 1.82) is 5.26 Å². The molecule has 0 spiro atoms. The molecule has 1 aliphatic carbocycles. The Hall–Kier alpha value is -2.42. The maximum Gasteiger partial charge on any atom is 0.260 e. The van der Waals surface area contributed by atoms with Crippen molar-refractivity contribution in [3.63, 3.8) is 0 Å². The molecule has 2 aromatic heterocycles. The highest BCUT2D eigenvalue weighted by Crippen LogP contribution is 2.35. The summed E-state index contributed by atoms with van der Waals surface area (Å²) in [6.07, 6.45) is 4.72. The first-order chi connectivity index (χ1) is 12.5. The Morgan fingerprint density at radius 3 is 2.92 bits per heavy atom. The number of nitrogens with one attached hydrogen (secondary N) is 1. The number of benzene rings is 1. The van der Waals surface area contributed by atoms with Crippen LogP contribution in [0, 0.1) is 17.2 Å². The smallest absolute Gasteiger partial charge is 0.260 e. The molecule has 4 rings (SSSR count). The zero-order valence-electron chi connectivity index (χ0n) is 14.2. The normalized spacial score (nSPS) is 17.1. The zero-order chi connectivity index (χ0) is 18.3. The van der Waals surface area contributed by atoms with Gasteiger partial charge in [-0.05, 0) is 54.5 Å². The molecule has 1 aromatic carbocycles. The van der Waals surface area contributed by atoms with Gasteiger partial charge in [0.1, 0.15) is 10.9 Å². The van der Waals surface area contributed by atoms with Crippen LogP contribution < -0.4 is 5.56 Å². The highest BCUT2D eigenvalue weighted by Gasteiger charge is 2.23. The van der Waals surface area contributed by atoms with Crippen molar-refractivity contribution >= 4 is 44.8 Å². The van der Waals surface area contributed by atoms with E-state index < -0.39 is 0 Å². The van der Waals surface area contributed by atoms with Gasteiger partial charge in [0, 0.05) is 9.90 Å². The molecule has 6 heteroatoms. The van der Waals surface area contributed by atoms with Crippen molar-refractivity contribution in [3.05, 3.63) is 61.5 Å². The van der Waals surface area contributed by atoms with Crippen LogP contribution in [0.5, 0.6) is 0 Å². The fraction of sp³-hybridized carbons (Fsp3) is 0.250. The van der Waals surface area contributed by atoms with Crippen molar-refractivity contribution in [2.45, 2.75) is 26.2 Å². The predicted octanol–water partition coefficient (Wildman–Crippen LogP) is 4.83. The number of rotatable bonds is 2. The van der Waals surface area contributed by atoms with Crippen LogP contribution in [0.4, 0.5) is 0 Å². The minimum atomic E-state index is -0.158. The average Bonchev–Trinajstić information content (AvgIpc) is 2.98. The molecule has 1 N–H and O–H groups in total. The first-order valence-electron chi connectivity index (χ1n) is 8.47. The fourth-order valence-electron chi connectivity index (χ4n) is 3.36. The maximum absolute atomic E-state index is 12.7. The number of allylic oxidation sites excluding steroid dienone is 1. The Kier molecular flexibility index (Phi) is 4.39. The molecule has 2 heterocycles. The second kappa shape index (κ2) is 6.71. The molecule has 0 bridgehead atoms. The molecule has 0 fully saturated rings. The largest absolute Gasteiger partial charge is 0.305 e. The highest BCUT2D eigenvalue weighted by atomic mass is 35.5. The lowest BCUT2D eigenvalue weighted by Gasteiger charge is -2.17. The minimum absolute atomic E-state index is 0.158. The molecule has 0 saturated heterocycles. The van der Waals surface area contributed by atoms with Crippen molar-refractivity contribution in [1.82, 2.24) is 9.97 Å². The van der Waals surface area contributed by atoms with Crippen LogP contribution in [0.25, 0.3) is 21.9 Å². The van der Waals surface area contributed by atoms with Crippen molar-refractivity contribution in [2.75, 3.05) is 0 Å². The van der Waals surface area contributed by atoms with Crippen molar-refractivity contribution in [3.8, 4) is 6.07 Å². The number of aromatic amines is 1. The van der Waals surface area contributed by atoms with E-state index >= 15 is 0 Å². The molecule has 130 valence electrons. The number of hydrogen-bond donors (Lipinski definition) is 1. The van der Waals surface area contributed by atoms with Crippen LogP contribution in [0.2, 0.25) is 5.02 Å². The van der Waals surface area contributed by atoms with E-state index in [4.69, 9.17) is 11.6 Å². The standard InChI is InChI=1S/C20H16ClN3OS/c1-11-2-7-15-16(8-11)26-20-17(15)19(25)23-18(24-20)13(10-22)9-12-3-5-14(21)6-4-12/h3-6,9,11H,2,7-8H2,1H3,(H,23,24,25)/b13-9+. The number of fused-ring (bicyclic) bond motifs is 3. The molecule has 0 radical (unpaired) electrons. The topological polar surface area (TPSA) is 69.5 Å². The lowest BCUT2D eigenvalue weighted by Crippen LogP contribution is -2.14. The minimum Gasteiger partial charge on any atom is -0.305 e. The molecule has 3 aromatic rings. The van der Waals surface area contributed by atoms with Crippen LogP contribution in [-0.2, 0) is 12.8 Å². The molecule has 26 heavy (non-hydrogen) atoms. The second-order valence-electron chi connectivity index (χ2n) is 6.67. The van der Waals surface area contributed by atoms with Gasteiger partial charge in [0.25, 0.3) is 5.56 Å². The fourth-order valence-corrected chi connectivity index (χ4v) is 4.87. The molecular formula is C20H16ClN3OS. The van der Waals surface area contributed by atoms with Crippen LogP contribution in [0.1, 0.15) is 35.2 Å². The summed E-state index contributed by atoms with van der Waals surface area (Å²) in [6, 6.07) is 9.30. The molecule has 4 nitrogen and oxygen atoms in total. The monoisotopic (exact) mass is 381 g/mol. The van der Waals surface area contributed by atoms with E-state index in [2.05, 4.69) is 23.0 Å². The number of halogens is 1. The summed E-state index contributed by atoms with van der Waals surface area (Å²) < 4.78 is 0. The Balaban J connectivity index is 1.83. The van der Waals surface area contributed by atoms with E-state index in [0.29, 0.717) is 27.7 Å². The Labute approximate surface area is 159 Å². The van der Waals surface area contributed by atoms with Crippen LogP contribution in [-0.4, -0.2) is 9.97 Å². The van der Waals surface area contributed by atoms with E-state index in [1.807, 2.05) is 12.1 Å². The number of thiophene rings is 1. The summed E-state index contributed by atoms with van der Waals surface area (Å²) in [5.41, 5.74) is 2.14.